The Balaban J connectivity index is 2.41. The number of hydrogen-bond acceptors (Lipinski definition) is 1. The highest BCUT2D eigenvalue weighted by Gasteiger charge is 2.24. The fourth-order valence-corrected chi connectivity index (χ4v) is 1.41. The molecule has 68 valence electrons. The highest BCUT2D eigenvalue weighted by atomic mass is 19.1. The summed E-state index contributed by atoms with van der Waals surface area (Å²) < 4.78 is 13.0. The van der Waals surface area contributed by atoms with Gasteiger partial charge < -0.3 is 5.73 Å². The van der Waals surface area contributed by atoms with Gasteiger partial charge in [0, 0.05) is 5.56 Å². The largest absolute Gasteiger partial charge is 0.366 e. The Labute approximate surface area is 75.6 Å². The van der Waals surface area contributed by atoms with Gasteiger partial charge in [-0.3, -0.25) is 4.79 Å². The predicted octanol–water partition coefficient (Wildman–Crippen LogP) is 1.80. The molecule has 1 aliphatic rings. The van der Waals surface area contributed by atoms with E-state index in [9.17, 15) is 9.18 Å². The van der Waals surface area contributed by atoms with Crippen LogP contribution in [-0.4, -0.2) is 5.91 Å². The fraction of sp³-hybridized carbons (Fsp3) is 0.300. The second-order valence-electron chi connectivity index (χ2n) is 3.41. The van der Waals surface area contributed by atoms with Gasteiger partial charge in [-0.2, -0.15) is 0 Å². The molecule has 2 nitrogen and oxygen atoms in total. The monoisotopic (exact) mass is 179 g/mol. The quantitative estimate of drug-likeness (QED) is 0.739. The molecule has 1 saturated carbocycles. The zero-order valence-corrected chi connectivity index (χ0v) is 7.09. The summed E-state index contributed by atoms with van der Waals surface area (Å²) in [5.74, 6) is -0.506. The van der Waals surface area contributed by atoms with E-state index in [1.807, 2.05) is 0 Å². The van der Waals surface area contributed by atoms with E-state index in [4.69, 9.17) is 5.73 Å². The first kappa shape index (κ1) is 8.23. The molecule has 2 rings (SSSR count). The zero-order valence-electron chi connectivity index (χ0n) is 7.09. The van der Waals surface area contributed by atoms with E-state index >= 15 is 0 Å². The lowest BCUT2D eigenvalue weighted by Crippen LogP contribution is -2.11. The van der Waals surface area contributed by atoms with Crippen molar-refractivity contribution >= 4 is 5.91 Å². The van der Waals surface area contributed by atoms with Crippen molar-refractivity contribution in [1.82, 2.24) is 0 Å². The van der Waals surface area contributed by atoms with E-state index < -0.39 is 5.91 Å². The van der Waals surface area contributed by atoms with Gasteiger partial charge in [0.05, 0.1) is 0 Å². The van der Waals surface area contributed by atoms with Crippen molar-refractivity contribution in [3.05, 3.63) is 35.1 Å². The lowest BCUT2D eigenvalue weighted by molar-refractivity contribution is 0.1000. The molecular weight excluding hydrogens is 169 g/mol. The Kier molecular flexibility index (Phi) is 1.79. The molecule has 0 bridgehead atoms. The molecule has 3 heteroatoms. The Bertz CT molecular complexity index is 358. The SMILES string of the molecule is NC(=O)c1cc(F)cc(C2CC2)c1. The minimum Gasteiger partial charge on any atom is -0.366 e. The molecule has 0 atom stereocenters. The summed E-state index contributed by atoms with van der Waals surface area (Å²) in [7, 11) is 0. The van der Waals surface area contributed by atoms with Gasteiger partial charge in [0.15, 0.2) is 0 Å². The number of hydrogen-bond donors (Lipinski definition) is 1. The average Bonchev–Trinajstić information content (AvgIpc) is 2.85. The highest BCUT2D eigenvalue weighted by Crippen LogP contribution is 2.40. The molecule has 0 spiro atoms. The van der Waals surface area contributed by atoms with Gasteiger partial charge in [-0.25, -0.2) is 4.39 Å². The number of halogens is 1. The minimum absolute atomic E-state index is 0.266. The fourth-order valence-electron chi connectivity index (χ4n) is 1.41. The van der Waals surface area contributed by atoms with Crippen LogP contribution < -0.4 is 5.73 Å². The van der Waals surface area contributed by atoms with Crippen LogP contribution >= 0.6 is 0 Å². The molecule has 2 N–H and O–H groups in total. The van der Waals surface area contributed by atoms with Crippen LogP contribution in [0.2, 0.25) is 0 Å². The maximum atomic E-state index is 13.0. The van der Waals surface area contributed by atoms with Crippen LogP contribution in [0, 0.1) is 5.82 Å². The lowest BCUT2D eigenvalue weighted by atomic mass is 10.1. The van der Waals surface area contributed by atoms with E-state index in [0.717, 1.165) is 18.4 Å². The lowest BCUT2D eigenvalue weighted by Gasteiger charge is -2.01. The van der Waals surface area contributed by atoms with E-state index in [-0.39, 0.29) is 11.4 Å². The first-order chi connectivity index (χ1) is 6.16. The molecule has 0 saturated heterocycles. The Hall–Kier alpha value is -1.38. The number of carbonyl (C=O) groups is 1. The van der Waals surface area contributed by atoms with E-state index in [2.05, 4.69) is 0 Å². The highest BCUT2D eigenvalue weighted by molar-refractivity contribution is 5.93. The molecule has 0 aliphatic heterocycles. The van der Waals surface area contributed by atoms with Crippen molar-refractivity contribution in [3.63, 3.8) is 0 Å². The van der Waals surface area contributed by atoms with Crippen LogP contribution in [0.5, 0.6) is 0 Å². The third-order valence-electron chi connectivity index (χ3n) is 2.25. The third-order valence-corrected chi connectivity index (χ3v) is 2.25. The van der Waals surface area contributed by atoms with Crippen molar-refractivity contribution in [1.29, 1.82) is 0 Å². The van der Waals surface area contributed by atoms with Gasteiger partial charge in [-0.1, -0.05) is 0 Å². The van der Waals surface area contributed by atoms with Crippen molar-refractivity contribution in [2.24, 2.45) is 5.73 Å². The molecule has 13 heavy (non-hydrogen) atoms. The van der Waals surface area contributed by atoms with Crippen molar-refractivity contribution in [2.75, 3.05) is 0 Å². The second kappa shape index (κ2) is 2.83. The van der Waals surface area contributed by atoms with Crippen molar-refractivity contribution in [2.45, 2.75) is 18.8 Å². The van der Waals surface area contributed by atoms with Crippen molar-refractivity contribution < 1.29 is 9.18 Å². The predicted molar refractivity (Wildman–Crippen MR) is 46.9 cm³/mol. The molecule has 1 aromatic rings. The summed E-state index contributed by atoms with van der Waals surface area (Å²) in [6.07, 6.45) is 2.17. The Morgan fingerprint density at radius 1 is 1.38 bits per heavy atom. The van der Waals surface area contributed by atoms with Crippen LogP contribution in [-0.2, 0) is 0 Å². The van der Waals surface area contributed by atoms with Gasteiger partial charge in [-0.15, -0.1) is 0 Å². The van der Waals surface area contributed by atoms with Gasteiger partial charge in [0.1, 0.15) is 5.82 Å². The number of nitrogens with two attached hydrogens (primary N) is 1. The number of benzene rings is 1. The van der Waals surface area contributed by atoms with E-state index in [1.165, 1.54) is 12.1 Å². The zero-order chi connectivity index (χ0) is 9.42. The first-order valence-corrected chi connectivity index (χ1v) is 4.27. The van der Waals surface area contributed by atoms with Crippen LogP contribution in [0.15, 0.2) is 18.2 Å². The van der Waals surface area contributed by atoms with Crippen LogP contribution in [0.4, 0.5) is 4.39 Å². The number of carbonyl (C=O) groups excluding carboxylic acids is 1. The van der Waals surface area contributed by atoms with Gasteiger partial charge >= 0.3 is 0 Å². The summed E-state index contributed by atoms with van der Waals surface area (Å²) in [6, 6.07) is 4.33. The molecule has 0 heterocycles. The van der Waals surface area contributed by atoms with Crippen LogP contribution in [0.3, 0.4) is 0 Å². The molecule has 0 radical (unpaired) electrons. The second-order valence-corrected chi connectivity index (χ2v) is 3.41. The molecule has 1 fully saturated rings. The third kappa shape index (κ3) is 1.69. The van der Waals surface area contributed by atoms with E-state index in [1.54, 1.807) is 6.07 Å². The number of rotatable bonds is 2. The minimum atomic E-state index is -0.568. The molecular formula is C10H10FNO. The van der Waals surface area contributed by atoms with Crippen LogP contribution in [0.1, 0.15) is 34.7 Å². The maximum Gasteiger partial charge on any atom is 0.248 e. The van der Waals surface area contributed by atoms with E-state index in [0.29, 0.717) is 5.92 Å². The standard InChI is InChI=1S/C10H10FNO/c11-9-4-7(6-1-2-6)3-8(5-9)10(12)13/h3-6H,1-2H2,(H2,12,13). The van der Waals surface area contributed by atoms with Crippen LogP contribution in [0.25, 0.3) is 0 Å². The Morgan fingerprint density at radius 3 is 2.62 bits per heavy atom. The molecule has 1 aliphatic carbocycles. The summed E-state index contributed by atoms with van der Waals surface area (Å²) in [4.78, 5) is 10.8. The van der Waals surface area contributed by atoms with Gasteiger partial charge in [0.25, 0.3) is 0 Å². The molecule has 1 aromatic carbocycles. The van der Waals surface area contributed by atoms with Crippen molar-refractivity contribution in [3.8, 4) is 0 Å². The first-order valence-electron chi connectivity index (χ1n) is 4.27. The number of amides is 1. The molecule has 0 aromatic heterocycles. The Morgan fingerprint density at radius 2 is 2.08 bits per heavy atom. The summed E-state index contributed by atoms with van der Waals surface area (Å²) in [5.41, 5.74) is 6.23. The number of primary amides is 1. The topological polar surface area (TPSA) is 43.1 Å². The maximum absolute atomic E-state index is 13.0. The molecule has 0 unspecified atom stereocenters. The van der Waals surface area contributed by atoms with Gasteiger partial charge in [0.2, 0.25) is 5.91 Å². The summed E-state index contributed by atoms with van der Waals surface area (Å²) in [5, 5.41) is 0. The normalized spacial score (nSPS) is 15.8. The smallest absolute Gasteiger partial charge is 0.248 e. The summed E-state index contributed by atoms with van der Waals surface area (Å²) in [6.45, 7) is 0. The average molecular weight is 179 g/mol. The van der Waals surface area contributed by atoms with Gasteiger partial charge in [-0.05, 0) is 42.5 Å². The summed E-state index contributed by atoms with van der Waals surface area (Å²) >= 11 is 0. The molecule has 1 amide bonds.